The summed E-state index contributed by atoms with van der Waals surface area (Å²) in [5.74, 6) is -0.702. The first-order chi connectivity index (χ1) is 13.1. The van der Waals surface area contributed by atoms with Gasteiger partial charge in [0, 0.05) is 0 Å². The molecule has 0 aliphatic carbocycles. The second-order valence-corrected chi connectivity index (χ2v) is 7.03. The number of ether oxygens (including phenoxy) is 4. The number of carbonyl (C=O) groups excluding carboxylic acids is 1. The fourth-order valence-electron chi connectivity index (χ4n) is 3.04. The normalized spacial score (nSPS) is 20.9. The maximum Gasteiger partial charge on any atom is 0.163 e. The topological polar surface area (TPSA) is 54.0 Å². The molecule has 27 heavy (non-hydrogen) atoms. The average Bonchev–Trinajstić information content (AvgIpc) is 3.05. The largest absolute Gasteiger partial charge is 0.368 e. The highest BCUT2D eigenvalue weighted by Gasteiger charge is 2.41. The minimum Gasteiger partial charge on any atom is -0.368 e. The van der Waals surface area contributed by atoms with Gasteiger partial charge in [-0.25, -0.2) is 0 Å². The van der Waals surface area contributed by atoms with E-state index in [2.05, 4.69) is 0 Å². The molecular formula is C22H26O5. The van der Waals surface area contributed by atoms with Crippen molar-refractivity contribution in [2.24, 2.45) is 0 Å². The van der Waals surface area contributed by atoms with Gasteiger partial charge in [-0.1, -0.05) is 60.7 Å². The van der Waals surface area contributed by atoms with Gasteiger partial charge in [-0.05, 0) is 25.0 Å². The van der Waals surface area contributed by atoms with Crippen molar-refractivity contribution in [3.8, 4) is 0 Å². The Balaban J connectivity index is 1.69. The van der Waals surface area contributed by atoms with Crippen molar-refractivity contribution in [2.45, 2.75) is 51.2 Å². The molecule has 1 aliphatic rings. The lowest BCUT2D eigenvalue weighted by molar-refractivity contribution is -0.179. The van der Waals surface area contributed by atoms with Gasteiger partial charge in [0.25, 0.3) is 0 Å². The van der Waals surface area contributed by atoms with Gasteiger partial charge in [0.15, 0.2) is 12.1 Å². The molecule has 0 radical (unpaired) electrons. The van der Waals surface area contributed by atoms with Gasteiger partial charge in [0.2, 0.25) is 0 Å². The average molecular weight is 370 g/mol. The van der Waals surface area contributed by atoms with Crippen LogP contribution in [0.1, 0.15) is 25.0 Å². The van der Waals surface area contributed by atoms with Crippen molar-refractivity contribution >= 4 is 6.29 Å². The minimum atomic E-state index is -0.753. The van der Waals surface area contributed by atoms with E-state index >= 15 is 0 Å². The predicted octanol–water partition coefficient (Wildman–Crippen LogP) is 3.51. The molecule has 0 amide bonds. The van der Waals surface area contributed by atoms with Crippen LogP contribution in [0.15, 0.2) is 60.7 Å². The molecule has 3 rings (SSSR count). The fraction of sp³-hybridized carbons (Fsp3) is 0.409. The molecule has 0 unspecified atom stereocenters. The summed E-state index contributed by atoms with van der Waals surface area (Å²) >= 11 is 0. The molecule has 0 spiro atoms. The van der Waals surface area contributed by atoms with Gasteiger partial charge in [-0.15, -0.1) is 0 Å². The molecule has 1 saturated heterocycles. The summed E-state index contributed by atoms with van der Waals surface area (Å²) in [5, 5.41) is 0. The summed E-state index contributed by atoms with van der Waals surface area (Å²) in [5.41, 5.74) is 2.02. The van der Waals surface area contributed by atoms with Gasteiger partial charge in [0.05, 0.1) is 19.8 Å². The van der Waals surface area contributed by atoms with Crippen LogP contribution in [-0.4, -0.2) is 37.0 Å². The molecule has 1 fully saturated rings. The van der Waals surface area contributed by atoms with Gasteiger partial charge >= 0.3 is 0 Å². The van der Waals surface area contributed by atoms with E-state index in [0.29, 0.717) is 19.8 Å². The highest BCUT2D eigenvalue weighted by molar-refractivity contribution is 5.57. The lowest BCUT2D eigenvalue weighted by Gasteiger charge is -2.28. The molecular weight excluding hydrogens is 344 g/mol. The van der Waals surface area contributed by atoms with Crippen molar-refractivity contribution in [1.82, 2.24) is 0 Å². The highest BCUT2D eigenvalue weighted by Crippen LogP contribution is 2.28. The molecule has 0 bridgehead atoms. The lowest BCUT2D eigenvalue weighted by Crippen LogP contribution is -2.44. The summed E-state index contributed by atoms with van der Waals surface area (Å²) in [6, 6.07) is 19.6. The van der Waals surface area contributed by atoms with E-state index in [9.17, 15) is 4.79 Å². The van der Waals surface area contributed by atoms with Crippen LogP contribution in [0.25, 0.3) is 0 Å². The summed E-state index contributed by atoms with van der Waals surface area (Å²) in [4.78, 5) is 11.8. The van der Waals surface area contributed by atoms with Crippen molar-refractivity contribution < 1.29 is 23.7 Å². The van der Waals surface area contributed by atoms with Crippen LogP contribution in [0.2, 0.25) is 0 Å². The Kier molecular flexibility index (Phi) is 6.74. The standard InChI is InChI=1S/C22H26O5/c1-22(2)26-16-20(27-22)21(25-15-18-11-7-4-8-12-18)19(13-23)24-14-17-9-5-3-6-10-17/h3-13,19-21H,14-16H2,1-2H3/t19-,20-,21+/m1/s1. The molecule has 0 N–H and O–H groups in total. The Morgan fingerprint density at radius 2 is 1.56 bits per heavy atom. The van der Waals surface area contributed by atoms with E-state index in [1.165, 1.54) is 0 Å². The molecule has 2 aromatic rings. The summed E-state index contributed by atoms with van der Waals surface area (Å²) in [6.45, 7) is 4.74. The van der Waals surface area contributed by atoms with Gasteiger partial charge in [-0.2, -0.15) is 0 Å². The van der Waals surface area contributed by atoms with E-state index in [-0.39, 0.29) is 6.10 Å². The Hall–Kier alpha value is -2.05. The zero-order valence-corrected chi connectivity index (χ0v) is 15.7. The van der Waals surface area contributed by atoms with E-state index in [4.69, 9.17) is 18.9 Å². The Labute approximate surface area is 160 Å². The van der Waals surface area contributed by atoms with Crippen LogP contribution >= 0.6 is 0 Å². The van der Waals surface area contributed by atoms with Crippen LogP contribution < -0.4 is 0 Å². The zero-order valence-electron chi connectivity index (χ0n) is 15.7. The van der Waals surface area contributed by atoms with Gasteiger partial charge < -0.3 is 23.7 Å². The molecule has 0 saturated carbocycles. The third-order valence-corrected chi connectivity index (χ3v) is 4.43. The Morgan fingerprint density at radius 3 is 2.04 bits per heavy atom. The van der Waals surface area contributed by atoms with Crippen LogP contribution in [-0.2, 0) is 37.0 Å². The number of benzene rings is 2. The van der Waals surface area contributed by atoms with Crippen molar-refractivity contribution in [1.29, 1.82) is 0 Å². The van der Waals surface area contributed by atoms with Crippen molar-refractivity contribution in [3.05, 3.63) is 71.8 Å². The van der Waals surface area contributed by atoms with Crippen LogP contribution in [0.4, 0.5) is 0 Å². The summed E-state index contributed by atoms with van der Waals surface area (Å²) in [6.07, 6.45) is -0.910. The Bertz CT molecular complexity index is 701. The smallest absolute Gasteiger partial charge is 0.163 e. The van der Waals surface area contributed by atoms with E-state index < -0.39 is 18.0 Å². The molecule has 3 atom stereocenters. The molecule has 144 valence electrons. The second-order valence-electron chi connectivity index (χ2n) is 7.03. The molecule has 1 heterocycles. The van der Waals surface area contributed by atoms with Gasteiger partial charge in [-0.3, -0.25) is 0 Å². The van der Waals surface area contributed by atoms with Crippen LogP contribution in [0.5, 0.6) is 0 Å². The number of rotatable bonds is 9. The van der Waals surface area contributed by atoms with Gasteiger partial charge in [0.1, 0.15) is 18.3 Å². The first-order valence-corrected chi connectivity index (χ1v) is 9.15. The van der Waals surface area contributed by atoms with E-state index in [0.717, 1.165) is 17.4 Å². The number of aldehydes is 1. The second kappa shape index (κ2) is 9.24. The third kappa shape index (κ3) is 5.71. The SMILES string of the molecule is CC1(C)OC[C@H]([C@@H](OCc2ccccc2)[C@@H](C=O)OCc2ccccc2)O1. The fourth-order valence-corrected chi connectivity index (χ4v) is 3.04. The number of carbonyl (C=O) groups is 1. The molecule has 5 heteroatoms. The summed E-state index contributed by atoms with van der Waals surface area (Å²) in [7, 11) is 0. The lowest BCUT2D eigenvalue weighted by atomic mass is 10.1. The van der Waals surface area contributed by atoms with Crippen molar-refractivity contribution in [3.63, 3.8) is 0 Å². The predicted molar refractivity (Wildman–Crippen MR) is 101 cm³/mol. The molecule has 1 aliphatic heterocycles. The maximum atomic E-state index is 11.8. The zero-order chi connectivity index (χ0) is 19.1. The Morgan fingerprint density at radius 1 is 1.00 bits per heavy atom. The molecule has 0 aromatic heterocycles. The molecule has 2 aromatic carbocycles. The van der Waals surface area contributed by atoms with Crippen LogP contribution in [0, 0.1) is 0 Å². The monoisotopic (exact) mass is 370 g/mol. The minimum absolute atomic E-state index is 0.326. The quantitative estimate of drug-likeness (QED) is 0.632. The first-order valence-electron chi connectivity index (χ1n) is 9.15. The third-order valence-electron chi connectivity index (χ3n) is 4.43. The van der Waals surface area contributed by atoms with E-state index in [1.807, 2.05) is 74.5 Å². The summed E-state index contributed by atoms with van der Waals surface area (Å²) < 4.78 is 23.6. The maximum absolute atomic E-state index is 11.8. The van der Waals surface area contributed by atoms with Crippen molar-refractivity contribution in [2.75, 3.05) is 6.61 Å². The highest BCUT2D eigenvalue weighted by atomic mass is 16.8. The number of hydrogen-bond donors (Lipinski definition) is 0. The van der Waals surface area contributed by atoms with E-state index in [1.54, 1.807) is 0 Å². The first kappa shape index (κ1) is 19.7. The molecule has 5 nitrogen and oxygen atoms in total. The number of hydrogen-bond acceptors (Lipinski definition) is 5. The van der Waals surface area contributed by atoms with Crippen LogP contribution in [0.3, 0.4) is 0 Å².